The molecule has 8 nitrogen and oxygen atoms in total. The number of hydrogen-bond acceptors (Lipinski definition) is 5. The van der Waals surface area contributed by atoms with Gasteiger partial charge in [0.05, 0.1) is 16.9 Å². The molecule has 2 N–H and O–H groups in total. The summed E-state index contributed by atoms with van der Waals surface area (Å²) in [6, 6.07) is 9.15. The summed E-state index contributed by atoms with van der Waals surface area (Å²) in [6.07, 6.45) is -4.82. The summed E-state index contributed by atoms with van der Waals surface area (Å²) < 4.78 is 38.1. The van der Waals surface area contributed by atoms with Gasteiger partial charge in [-0.2, -0.15) is 18.3 Å². The van der Waals surface area contributed by atoms with Gasteiger partial charge in [0, 0.05) is 29.1 Å². The average Bonchev–Trinajstić information content (AvgIpc) is 2.65. The molecule has 0 aliphatic carbocycles. The van der Waals surface area contributed by atoms with Crippen LogP contribution in [0.4, 0.5) is 24.5 Å². The molecule has 2 amide bonds. The number of halogens is 3. The van der Waals surface area contributed by atoms with Crippen LogP contribution < -0.4 is 10.7 Å². The number of amides is 2. The van der Waals surface area contributed by atoms with E-state index in [4.69, 9.17) is 0 Å². The van der Waals surface area contributed by atoms with Crippen LogP contribution in [-0.4, -0.2) is 22.4 Å². The number of nitro groups is 1. The highest BCUT2D eigenvalue weighted by Crippen LogP contribution is 2.30. The van der Waals surface area contributed by atoms with Crippen LogP contribution in [0, 0.1) is 10.1 Å². The van der Waals surface area contributed by atoms with Gasteiger partial charge in [-0.25, -0.2) is 5.43 Å². The van der Waals surface area contributed by atoms with E-state index in [0.29, 0.717) is 0 Å². The zero-order valence-electron chi connectivity index (χ0n) is 15.0. The summed E-state index contributed by atoms with van der Waals surface area (Å²) in [5.41, 5.74) is 1.15. The highest BCUT2D eigenvalue weighted by molar-refractivity contribution is 6.06. The van der Waals surface area contributed by atoms with Crippen LogP contribution in [-0.2, 0) is 11.0 Å². The molecule has 0 bridgehead atoms. The lowest BCUT2D eigenvalue weighted by Crippen LogP contribution is -2.21. The van der Waals surface area contributed by atoms with Crippen molar-refractivity contribution in [2.75, 3.05) is 5.32 Å². The van der Waals surface area contributed by atoms with Crippen molar-refractivity contribution in [3.63, 3.8) is 0 Å². The fourth-order valence-electron chi connectivity index (χ4n) is 2.22. The van der Waals surface area contributed by atoms with Crippen molar-refractivity contribution < 1.29 is 27.7 Å². The second-order valence-electron chi connectivity index (χ2n) is 5.90. The first-order chi connectivity index (χ1) is 13.6. The maximum Gasteiger partial charge on any atom is 0.416 e. The van der Waals surface area contributed by atoms with Crippen molar-refractivity contribution in [1.82, 2.24) is 5.43 Å². The third-order valence-electron chi connectivity index (χ3n) is 3.56. The van der Waals surface area contributed by atoms with Gasteiger partial charge < -0.3 is 5.32 Å². The second kappa shape index (κ2) is 8.95. The topological polar surface area (TPSA) is 114 Å². The fourth-order valence-corrected chi connectivity index (χ4v) is 2.22. The Kier molecular flexibility index (Phi) is 6.65. The van der Waals surface area contributed by atoms with Crippen LogP contribution in [0.3, 0.4) is 0 Å². The maximum atomic E-state index is 12.7. The molecule has 0 aromatic heterocycles. The fraction of sp³-hybridized carbons (Fsp3) is 0.167. The molecule has 0 saturated carbocycles. The van der Waals surface area contributed by atoms with Gasteiger partial charge in [0.2, 0.25) is 5.91 Å². The maximum absolute atomic E-state index is 12.7. The molecule has 11 heteroatoms. The number of non-ortho nitro benzene ring substituents is 1. The summed E-state index contributed by atoms with van der Waals surface area (Å²) in [7, 11) is 0. The highest BCUT2D eigenvalue weighted by Gasteiger charge is 2.30. The Bertz CT molecular complexity index is 974. The molecule has 0 unspecified atom stereocenters. The number of rotatable bonds is 6. The van der Waals surface area contributed by atoms with E-state index in [1.54, 1.807) is 0 Å². The predicted molar refractivity (Wildman–Crippen MR) is 98.4 cm³/mol. The van der Waals surface area contributed by atoms with E-state index in [1.165, 1.54) is 37.3 Å². The van der Waals surface area contributed by atoms with Gasteiger partial charge in [0.1, 0.15) is 0 Å². The van der Waals surface area contributed by atoms with Crippen molar-refractivity contribution in [2.24, 2.45) is 5.10 Å². The monoisotopic (exact) mass is 408 g/mol. The summed E-state index contributed by atoms with van der Waals surface area (Å²) in [6.45, 7) is 1.43. The standard InChI is InChI=1S/C18H15F3N4O4/c1-11(23-24-17(27)12-4-2-7-15(9-12)25(28)29)8-16(26)22-14-6-3-5-13(10-14)18(19,20)21/h2-7,9-10H,8H2,1H3,(H,22,26)(H,24,27). The van der Waals surface area contributed by atoms with Crippen LogP contribution in [0.1, 0.15) is 29.3 Å². The van der Waals surface area contributed by atoms with Gasteiger partial charge in [-0.1, -0.05) is 12.1 Å². The van der Waals surface area contributed by atoms with Crippen LogP contribution >= 0.6 is 0 Å². The molecule has 0 atom stereocenters. The first-order valence-corrected chi connectivity index (χ1v) is 8.11. The smallest absolute Gasteiger partial charge is 0.326 e. The number of nitro benzene ring substituents is 1. The summed E-state index contributed by atoms with van der Waals surface area (Å²) in [4.78, 5) is 34.0. The van der Waals surface area contributed by atoms with Crippen molar-refractivity contribution in [3.8, 4) is 0 Å². The number of nitrogens with zero attached hydrogens (tertiary/aromatic N) is 2. The van der Waals surface area contributed by atoms with E-state index in [2.05, 4.69) is 15.8 Å². The van der Waals surface area contributed by atoms with Crippen LogP contribution in [0.25, 0.3) is 0 Å². The number of benzene rings is 2. The van der Waals surface area contributed by atoms with Gasteiger partial charge in [-0.05, 0) is 31.2 Å². The predicted octanol–water partition coefficient (Wildman–Crippen LogP) is 3.75. The average molecular weight is 408 g/mol. The number of alkyl halides is 3. The van der Waals surface area contributed by atoms with Crippen molar-refractivity contribution in [2.45, 2.75) is 19.5 Å². The van der Waals surface area contributed by atoms with Crippen molar-refractivity contribution in [1.29, 1.82) is 0 Å². The molecule has 0 aliphatic heterocycles. The quantitative estimate of drug-likeness (QED) is 0.430. The van der Waals surface area contributed by atoms with Crippen molar-refractivity contribution >= 4 is 28.9 Å². The summed E-state index contributed by atoms with van der Waals surface area (Å²) >= 11 is 0. The first kappa shape index (κ1) is 21.5. The summed E-state index contributed by atoms with van der Waals surface area (Å²) in [5.74, 6) is -1.35. The Hall–Kier alpha value is -3.76. The lowest BCUT2D eigenvalue weighted by Gasteiger charge is -2.10. The molecule has 0 fully saturated rings. The lowest BCUT2D eigenvalue weighted by atomic mass is 10.2. The summed E-state index contributed by atoms with van der Waals surface area (Å²) in [5, 5.41) is 16.8. The van der Waals surface area contributed by atoms with Crippen LogP contribution in [0.5, 0.6) is 0 Å². The molecule has 2 rings (SSSR count). The molecule has 0 radical (unpaired) electrons. The molecule has 0 aliphatic rings. The Morgan fingerprint density at radius 1 is 1.14 bits per heavy atom. The van der Waals surface area contributed by atoms with E-state index < -0.39 is 28.5 Å². The molecule has 2 aromatic carbocycles. The number of anilines is 1. The molecule has 152 valence electrons. The Morgan fingerprint density at radius 3 is 2.48 bits per heavy atom. The van der Waals surface area contributed by atoms with E-state index in [-0.39, 0.29) is 29.1 Å². The zero-order chi connectivity index (χ0) is 21.6. The molecule has 29 heavy (non-hydrogen) atoms. The van der Waals surface area contributed by atoms with Gasteiger partial charge in [0.25, 0.3) is 11.6 Å². The first-order valence-electron chi connectivity index (χ1n) is 8.11. The third-order valence-corrected chi connectivity index (χ3v) is 3.56. The Morgan fingerprint density at radius 2 is 1.83 bits per heavy atom. The zero-order valence-corrected chi connectivity index (χ0v) is 15.0. The number of hydrogen-bond donors (Lipinski definition) is 2. The molecular weight excluding hydrogens is 393 g/mol. The number of hydrazone groups is 1. The van der Waals surface area contributed by atoms with Gasteiger partial charge in [-0.15, -0.1) is 0 Å². The van der Waals surface area contributed by atoms with Crippen LogP contribution in [0.2, 0.25) is 0 Å². The molecular formula is C18H15F3N4O4. The highest BCUT2D eigenvalue weighted by atomic mass is 19.4. The largest absolute Gasteiger partial charge is 0.416 e. The minimum absolute atomic E-state index is 0.00386. The molecule has 0 heterocycles. The third kappa shape index (κ3) is 6.41. The number of nitrogens with one attached hydrogen (secondary N) is 2. The van der Waals surface area contributed by atoms with E-state index >= 15 is 0 Å². The Labute approximate surface area is 162 Å². The molecule has 0 saturated heterocycles. The normalized spacial score (nSPS) is 11.7. The lowest BCUT2D eigenvalue weighted by molar-refractivity contribution is -0.384. The Balaban J connectivity index is 1.96. The number of carbonyl (C=O) groups is 2. The van der Waals surface area contributed by atoms with E-state index in [9.17, 15) is 32.9 Å². The SMILES string of the molecule is CC(CC(=O)Nc1cccc(C(F)(F)F)c1)=NNC(=O)c1cccc([N+](=O)[O-])c1. The number of carbonyl (C=O) groups excluding carboxylic acids is 2. The minimum Gasteiger partial charge on any atom is -0.326 e. The van der Waals surface area contributed by atoms with Gasteiger partial charge in [0.15, 0.2) is 0 Å². The van der Waals surface area contributed by atoms with E-state index in [1.807, 2.05) is 0 Å². The minimum atomic E-state index is -4.53. The van der Waals surface area contributed by atoms with E-state index in [0.717, 1.165) is 18.2 Å². The van der Waals surface area contributed by atoms with Gasteiger partial charge >= 0.3 is 6.18 Å². The second-order valence-corrected chi connectivity index (χ2v) is 5.90. The molecule has 2 aromatic rings. The van der Waals surface area contributed by atoms with Gasteiger partial charge in [-0.3, -0.25) is 19.7 Å². The van der Waals surface area contributed by atoms with Crippen molar-refractivity contribution in [3.05, 3.63) is 69.8 Å². The molecule has 0 spiro atoms. The van der Waals surface area contributed by atoms with Crippen LogP contribution in [0.15, 0.2) is 53.6 Å².